The normalized spacial score (nSPS) is 16.5. The van der Waals surface area contributed by atoms with E-state index in [1.807, 2.05) is 0 Å². The summed E-state index contributed by atoms with van der Waals surface area (Å²) in [6, 6.07) is 7.52. The quantitative estimate of drug-likeness (QED) is 0.534. The zero-order valence-corrected chi connectivity index (χ0v) is 18.5. The Labute approximate surface area is 188 Å². The van der Waals surface area contributed by atoms with Crippen molar-refractivity contribution in [2.45, 2.75) is 56.0 Å². The van der Waals surface area contributed by atoms with E-state index in [0.29, 0.717) is 30.8 Å². The van der Waals surface area contributed by atoms with Crippen molar-refractivity contribution in [3.05, 3.63) is 64.7 Å². The number of rotatable bonds is 6. The van der Waals surface area contributed by atoms with E-state index in [1.165, 1.54) is 16.4 Å². The Kier molecular flexibility index (Phi) is 7.75. The summed E-state index contributed by atoms with van der Waals surface area (Å²) in [7, 11) is -3.60. The first kappa shape index (κ1) is 25.5. The molecule has 0 aromatic heterocycles. The van der Waals surface area contributed by atoms with Gasteiger partial charge in [-0.05, 0) is 54.3 Å². The molecule has 0 spiro atoms. The van der Waals surface area contributed by atoms with Crippen LogP contribution >= 0.6 is 0 Å². The Morgan fingerprint density at radius 2 is 1.21 bits per heavy atom. The van der Waals surface area contributed by atoms with Crippen molar-refractivity contribution in [2.24, 2.45) is 0 Å². The van der Waals surface area contributed by atoms with Gasteiger partial charge in [0.1, 0.15) is 0 Å². The highest BCUT2D eigenvalue weighted by Crippen LogP contribution is 2.36. The molecule has 11 heteroatoms. The molecule has 1 saturated heterocycles. The molecular weight excluding hydrogens is 470 g/mol. The van der Waals surface area contributed by atoms with E-state index in [0.717, 1.165) is 25.7 Å². The van der Waals surface area contributed by atoms with E-state index in [9.17, 15) is 34.8 Å². The minimum Gasteiger partial charge on any atom is -0.309 e. The van der Waals surface area contributed by atoms with E-state index in [2.05, 4.69) is 5.32 Å². The Balaban J connectivity index is 1.66. The molecule has 1 heterocycles. The third kappa shape index (κ3) is 6.70. The number of alkyl halides is 6. The van der Waals surface area contributed by atoms with Crippen LogP contribution in [-0.2, 0) is 35.5 Å². The van der Waals surface area contributed by atoms with Gasteiger partial charge in [0.05, 0.1) is 16.0 Å². The van der Waals surface area contributed by atoms with Crippen LogP contribution in [0, 0.1) is 0 Å². The van der Waals surface area contributed by atoms with Crippen LogP contribution in [0.5, 0.6) is 0 Å². The molecule has 1 fully saturated rings. The number of sulfonamides is 1. The highest BCUT2D eigenvalue weighted by atomic mass is 32.2. The van der Waals surface area contributed by atoms with E-state index < -0.39 is 33.5 Å². The number of halogens is 6. The lowest BCUT2D eigenvalue weighted by Crippen LogP contribution is -2.31. The first-order chi connectivity index (χ1) is 15.4. The van der Waals surface area contributed by atoms with Crippen LogP contribution in [0.3, 0.4) is 0 Å². The number of benzene rings is 2. The third-order valence-electron chi connectivity index (χ3n) is 5.43. The highest BCUT2D eigenvalue weighted by Gasteiger charge is 2.36. The molecule has 1 aliphatic rings. The fourth-order valence-electron chi connectivity index (χ4n) is 3.68. The van der Waals surface area contributed by atoms with Gasteiger partial charge in [0.15, 0.2) is 0 Å². The van der Waals surface area contributed by atoms with Crippen molar-refractivity contribution >= 4 is 10.0 Å². The zero-order chi connectivity index (χ0) is 24.3. The molecular formula is C22H24F6N2O2S. The lowest BCUT2D eigenvalue weighted by Gasteiger charge is -2.20. The van der Waals surface area contributed by atoms with Gasteiger partial charge >= 0.3 is 12.4 Å². The van der Waals surface area contributed by atoms with Gasteiger partial charge in [0.25, 0.3) is 0 Å². The molecule has 2 aromatic rings. The molecule has 0 amide bonds. The summed E-state index contributed by atoms with van der Waals surface area (Å²) in [5.74, 6) is 0. The molecule has 0 saturated carbocycles. The topological polar surface area (TPSA) is 49.4 Å². The lowest BCUT2D eigenvalue weighted by atomic mass is 10.0. The summed E-state index contributed by atoms with van der Waals surface area (Å²) in [6.07, 6.45) is -6.19. The van der Waals surface area contributed by atoms with Crippen LogP contribution in [0.2, 0.25) is 0 Å². The molecule has 1 N–H and O–H groups in total. The summed E-state index contributed by atoms with van der Waals surface area (Å²) in [6.45, 7) is 0.869. The largest absolute Gasteiger partial charge is 0.416 e. The Bertz CT molecular complexity index is 1010. The summed E-state index contributed by atoms with van der Waals surface area (Å²) in [5, 5.41) is 2.81. The summed E-state index contributed by atoms with van der Waals surface area (Å²) >= 11 is 0. The Morgan fingerprint density at radius 3 is 1.70 bits per heavy atom. The molecule has 1 aliphatic heterocycles. The van der Waals surface area contributed by atoms with Gasteiger partial charge in [0, 0.05) is 26.2 Å². The van der Waals surface area contributed by atoms with Crippen molar-refractivity contribution in [3.63, 3.8) is 0 Å². The number of nitrogens with zero attached hydrogens (tertiary/aromatic N) is 1. The molecule has 0 atom stereocenters. The maximum absolute atomic E-state index is 13.0. The van der Waals surface area contributed by atoms with Gasteiger partial charge in [0.2, 0.25) is 10.0 Å². The van der Waals surface area contributed by atoms with Crippen molar-refractivity contribution in [3.8, 4) is 0 Å². The second-order valence-corrected chi connectivity index (χ2v) is 9.92. The fourth-order valence-corrected chi connectivity index (χ4v) is 5.20. The number of hydrogen-bond acceptors (Lipinski definition) is 3. The first-order valence-corrected chi connectivity index (χ1v) is 11.9. The fraction of sp³-hybridized carbons (Fsp3) is 0.455. The smallest absolute Gasteiger partial charge is 0.309 e. The summed E-state index contributed by atoms with van der Waals surface area (Å²) in [4.78, 5) is 0.154. The van der Waals surface area contributed by atoms with E-state index in [-0.39, 0.29) is 29.6 Å². The van der Waals surface area contributed by atoms with Gasteiger partial charge < -0.3 is 5.32 Å². The van der Waals surface area contributed by atoms with Gasteiger partial charge in [-0.15, -0.1) is 0 Å². The molecule has 0 radical (unpaired) electrons. The van der Waals surface area contributed by atoms with E-state index in [4.69, 9.17) is 0 Å². The van der Waals surface area contributed by atoms with Crippen LogP contribution < -0.4 is 5.32 Å². The van der Waals surface area contributed by atoms with E-state index >= 15 is 0 Å². The Hall–Kier alpha value is -2.11. The van der Waals surface area contributed by atoms with Crippen LogP contribution in [0.4, 0.5) is 26.3 Å². The second-order valence-electron chi connectivity index (χ2n) is 7.98. The molecule has 4 nitrogen and oxygen atoms in total. The first-order valence-electron chi connectivity index (χ1n) is 10.5. The van der Waals surface area contributed by atoms with Gasteiger partial charge in [-0.2, -0.15) is 30.6 Å². The van der Waals surface area contributed by atoms with Crippen molar-refractivity contribution in [2.75, 3.05) is 13.1 Å². The average Bonchev–Trinajstić information content (AvgIpc) is 3.03. The lowest BCUT2D eigenvalue weighted by molar-refractivity contribution is -0.143. The van der Waals surface area contributed by atoms with Crippen molar-refractivity contribution in [1.82, 2.24) is 9.62 Å². The van der Waals surface area contributed by atoms with Crippen molar-refractivity contribution in [1.29, 1.82) is 0 Å². The molecule has 33 heavy (non-hydrogen) atoms. The minimum atomic E-state index is -4.90. The maximum atomic E-state index is 13.0. The molecule has 3 rings (SSSR count). The van der Waals surface area contributed by atoms with Crippen LogP contribution in [-0.4, -0.2) is 25.8 Å². The van der Waals surface area contributed by atoms with Crippen LogP contribution in [0.25, 0.3) is 0 Å². The van der Waals surface area contributed by atoms with Gasteiger partial charge in [-0.25, -0.2) is 8.42 Å². The highest BCUT2D eigenvalue weighted by molar-refractivity contribution is 7.89. The molecule has 2 aromatic carbocycles. The maximum Gasteiger partial charge on any atom is 0.416 e. The molecule has 0 unspecified atom stereocenters. The Morgan fingerprint density at radius 1 is 0.727 bits per heavy atom. The van der Waals surface area contributed by atoms with Gasteiger partial charge in [-0.1, -0.05) is 25.0 Å². The average molecular weight is 495 g/mol. The van der Waals surface area contributed by atoms with Crippen LogP contribution in [0.1, 0.15) is 47.9 Å². The standard InChI is InChI=1S/C22H24F6N2O2S/c23-21(24,25)18-11-17(12-19(13-18)22(26,27)28)15-29-14-16-5-7-20(8-6-16)33(31,32)30-9-3-1-2-4-10-30/h5-8,11-13,29H,1-4,9-10,14-15H2. The second kappa shape index (κ2) is 10.0. The molecule has 0 aliphatic carbocycles. The van der Waals surface area contributed by atoms with Gasteiger partial charge in [-0.3, -0.25) is 0 Å². The van der Waals surface area contributed by atoms with E-state index in [1.54, 1.807) is 12.1 Å². The molecule has 182 valence electrons. The predicted octanol–water partition coefficient (Wildman–Crippen LogP) is 5.58. The third-order valence-corrected chi connectivity index (χ3v) is 7.34. The molecule has 0 bridgehead atoms. The monoisotopic (exact) mass is 494 g/mol. The minimum absolute atomic E-state index is 0.0902. The summed E-state index contributed by atoms with van der Waals surface area (Å²) in [5.41, 5.74) is -2.24. The SMILES string of the molecule is O=S(=O)(c1ccc(CNCc2cc(C(F)(F)F)cc(C(F)(F)F)c2)cc1)N1CCCCCC1. The van der Waals surface area contributed by atoms with Crippen LogP contribution in [0.15, 0.2) is 47.4 Å². The number of nitrogens with one attached hydrogen (secondary N) is 1. The summed E-state index contributed by atoms with van der Waals surface area (Å²) < 4.78 is 105. The predicted molar refractivity (Wildman–Crippen MR) is 111 cm³/mol. The van der Waals surface area contributed by atoms with Crippen molar-refractivity contribution < 1.29 is 34.8 Å². The zero-order valence-electron chi connectivity index (χ0n) is 17.6. The number of hydrogen-bond donors (Lipinski definition) is 1.